The number of amides is 1. The Hall–Kier alpha value is -2.95. The van der Waals surface area contributed by atoms with E-state index in [2.05, 4.69) is 38.8 Å². The van der Waals surface area contributed by atoms with Gasteiger partial charge < -0.3 is 9.47 Å². The zero-order valence-corrected chi connectivity index (χ0v) is 14.7. The van der Waals surface area contributed by atoms with E-state index in [0.717, 1.165) is 38.3 Å². The molecule has 1 aliphatic rings. The Kier molecular flexibility index (Phi) is 4.78. The van der Waals surface area contributed by atoms with E-state index in [1.807, 2.05) is 35.5 Å². The topological polar surface area (TPSA) is 51.0 Å². The summed E-state index contributed by atoms with van der Waals surface area (Å²) in [6.45, 7) is 2.33. The molecule has 0 saturated carbocycles. The number of hydrogen-bond donors (Lipinski definition) is 0. The van der Waals surface area contributed by atoms with Gasteiger partial charge in [0.1, 0.15) is 11.5 Å². The summed E-state index contributed by atoms with van der Waals surface area (Å²) in [4.78, 5) is 23.2. The van der Waals surface area contributed by atoms with E-state index in [4.69, 9.17) is 0 Å². The van der Waals surface area contributed by atoms with Crippen LogP contribution in [0.2, 0.25) is 0 Å². The van der Waals surface area contributed by atoms with Crippen LogP contribution in [-0.2, 0) is 6.54 Å². The minimum atomic E-state index is 0.0247. The van der Waals surface area contributed by atoms with Crippen molar-refractivity contribution in [3.05, 3.63) is 84.2 Å². The van der Waals surface area contributed by atoms with Crippen LogP contribution in [-0.4, -0.2) is 38.4 Å². The molecule has 0 N–H and O–H groups in total. The molecule has 1 aliphatic heterocycles. The molecule has 26 heavy (non-hydrogen) atoms. The van der Waals surface area contributed by atoms with E-state index >= 15 is 0 Å². The quantitative estimate of drug-likeness (QED) is 0.728. The minimum Gasteiger partial charge on any atom is -0.337 e. The van der Waals surface area contributed by atoms with Gasteiger partial charge in [-0.15, -0.1) is 0 Å². The number of piperidine rings is 1. The van der Waals surface area contributed by atoms with Crippen LogP contribution < -0.4 is 0 Å². The molecule has 3 aromatic rings. The Morgan fingerprint density at radius 3 is 2.46 bits per heavy atom. The molecule has 0 spiro atoms. The van der Waals surface area contributed by atoms with Crippen molar-refractivity contribution >= 4 is 5.91 Å². The van der Waals surface area contributed by atoms with E-state index in [1.54, 1.807) is 12.3 Å². The highest BCUT2D eigenvalue weighted by Crippen LogP contribution is 2.28. The number of likely N-dealkylation sites (tertiary alicyclic amines) is 1. The summed E-state index contributed by atoms with van der Waals surface area (Å²) >= 11 is 0. The molecule has 1 aromatic carbocycles. The fourth-order valence-electron chi connectivity index (χ4n) is 3.59. The molecule has 0 bridgehead atoms. The predicted octanol–water partition coefficient (Wildman–Crippen LogP) is 3.35. The molecule has 5 heteroatoms. The van der Waals surface area contributed by atoms with E-state index in [-0.39, 0.29) is 5.91 Å². The summed E-state index contributed by atoms with van der Waals surface area (Å²) in [5.41, 5.74) is 1.80. The molecule has 2 aromatic heterocycles. The van der Waals surface area contributed by atoms with Crippen molar-refractivity contribution in [3.8, 4) is 0 Å². The molecular formula is C21H22N4O. The highest BCUT2D eigenvalue weighted by atomic mass is 16.2. The highest BCUT2D eigenvalue weighted by Gasteiger charge is 2.27. The first-order chi connectivity index (χ1) is 12.8. The predicted molar refractivity (Wildman–Crippen MR) is 99.9 cm³/mol. The third kappa shape index (κ3) is 3.52. The number of aromatic nitrogens is 3. The number of nitrogens with zero attached hydrogens (tertiary/aromatic N) is 4. The Balaban J connectivity index is 1.41. The van der Waals surface area contributed by atoms with E-state index < -0.39 is 0 Å². The van der Waals surface area contributed by atoms with Gasteiger partial charge in [-0.25, -0.2) is 4.98 Å². The lowest BCUT2D eigenvalue weighted by molar-refractivity contribution is 0.0704. The van der Waals surface area contributed by atoms with Gasteiger partial charge in [0.15, 0.2) is 0 Å². The summed E-state index contributed by atoms with van der Waals surface area (Å²) in [5.74, 6) is 1.54. The van der Waals surface area contributed by atoms with E-state index in [9.17, 15) is 4.79 Å². The summed E-state index contributed by atoms with van der Waals surface area (Å²) in [5, 5.41) is 0. The second kappa shape index (κ2) is 7.52. The molecule has 4 rings (SSSR count). The van der Waals surface area contributed by atoms with Gasteiger partial charge >= 0.3 is 0 Å². The molecule has 0 aliphatic carbocycles. The van der Waals surface area contributed by atoms with Crippen LogP contribution in [0.4, 0.5) is 0 Å². The van der Waals surface area contributed by atoms with Gasteiger partial charge in [0.05, 0.1) is 0 Å². The molecule has 1 fully saturated rings. The Morgan fingerprint density at radius 1 is 0.962 bits per heavy atom. The van der Waals surface area contributed by atoms with Crippen LogP contribution in [0.5, 0.6) is 0 Å². The molecule has 1 saturated heterocycles. The molecule has 0 atom stereocenters. The van der Waals surface area contributed by atoms with Crippen LogP contribution in [0.15, 0.2) is 67.1 Å². The van der Waals surface area contributed by atoms with Crippen LogP contribution in [0.3, 0.4) is 0 Å². The SMILES string of the molecule is O=C(c1ccccn1)N1CCC(c2nccn2Cc2ccccc2)CC1. The number of pyridine rings is 1. The fourth-order valence-corrected chi connectivity index (χ4v) is 3.59. The second-order valence-electron chi connectivity index (χ2n) is 6.68. The lowest BCUT2D eigenvalue weighted by Crippen LogP contribution is -2.38. The Morgan fingerprint density at radius 2 is 1.73 bits per heavy atom. The zero-order chi connectivity index (χ0) is 17.8. The van der Waals surface area contributed by atoms with Crippen molar-refractivity contribution in [1.82, 2.24) is 19.4 Å². The van der Waals surface area contributed by atoms with Crippen molar-refractivity contribution in [3.63, 3.8) is 0 Å². The van der Waals surface area contributed by atoms with Crippen LogP contribution >= 0.6 is 0 Å². The fraction of sp³-hybridized carbons (Fsp3) is 0.286. The van der Waals surface area contributed by atoms with Crippen LogP contribution in [0.1, 0.15) is 40.6 Å². The van der Waals surface area contributed by atoms with Gasteiger partial charge in [0, 0.05) is 44.1 Å². The molecule has 0 unspecified atom stereocenters. The van der Waals surface area contributed by atoms with Gasteiger partial charge in [0.2, 0.25) is 0 Å². The summed E-state index contributed by atoms with van der Waals surface area (Å²) in [6, 6.07) is 15.9. The number of hydrogen-bond acceptors (Lipinski definition) is 3. The average Bonchev–Trinajstić information content (AvgIpc) is 3.17. The number of rotatable bonds is 4. The van der Waals surface area contributed by atoms with Crippen molar-refractivity contribution in [2.75, 3.05) is 13.1 Å². The van der Waals surface area contributed by atoms with Gasteiger partial charge in [-0.1, -0.05) is 36.4 Å². The van der Waals surface area contributed by atoms with Gasteiger partial charge in [0.25, 0.3) is 5.91 Å². The summed E-state index contributed by atoms with van der Waals surface area (Å²) < 4.78 is 2.23. The first-order valence-electron chi connectivity index (χ1n) is 9.06. The number of carbonyl (C=O) groups excluding carboxylic acids is 1. The van der Waals surface area contributed by atoms with E-state index in [0.29, 0.717) is 11.6 Å². The smallest absolute Gasteiger partial charge is 0.272 e. The maximum Gasteiger partial charge on any atom is 0.272 e. The van der Waals surface area contributed by atoms with E-state index in [1.165, 1.54) is 5.56 Å². The molecule has 0 radical (unpaired) electrons. The molecule has 1 amide bonds. The molecule has 5 nitrogen and oxygen atoms in total. The maximum absolute atomic E-state index is 12.5. The molecule has 3 heterocycles. The van der Waals surface area contributed by atoms with Gasteiger partial charge in [-0.3, -0.25) is 9.78 Å². The summed E-state index contributed by atoms with van der Waals surface area (Å²) in [7, 11) is 0. The number of imidazole rings is 1. The Bertz CT molecular complexity index is 852. The lowest BCUT2D eigenvalue weighted by atomic mass is 9.95. The first kappa shape index (κ1) is 16.5. The zero-order valence-electron chi connectivity index (χ0n) is 14.7. The second-order valence-corrected chi connectivity index (χ2v) is 6.68. The van der Waals surface area contributed by atoms with Crippen molar-refractivity contribution in [1.29, 1.82) is 0 Å². The largest absolute Gasteiger partial charge is 0.337 e. The first-order valence-corrected chi connectivity index (χ1v) is 9.06. The van der Waals surface area contributed by atoms with Crippen molar-refractivity contribution < 1.29 is 4.79 Å². The van der Waals surface area contributed by atoms with Crippen molar-refractivity contribution in [2.45, 2.75) is 25.3 Å². The molecular weight excluding hydrogens is 324 g/mol. The van der Waals surface area contributed by atoms with Crippen LogP contribution in [0, 0.1) is 0 Å². The Labute approximate surface area is 153 Å². The summed E-state index contributed by atoms with van der Waals surface area (Å²) in [6.07, 6.45) is 7.46. The third-order valence-corrected chi connectivity index (χ3v) is 4.97. The monoisotopic (exact) mass is 346 g/mol. The third-order valence-electron chi connectivity index (χ3n) is 4.97. The molecule has 132 valence electrons. The van der Waals surface area contributed by atoms with Gasteiger partial charge in [-0.05, 0) is 30.5 Å². The van der Waals surface area contributed by atoms with Gasteiger partial charge in [-0.2, -0.15) is 0 Å². The minimum absolute atomic E-state index is 0.0247. The number of carbonyl (C=O) groups is 1. The van der Waals surface area contributed by atoms with Crippen molar-refractivity contribution in [2.24, 2.45) is 0 Å². The standard InChI is InChI=1S/C21H22N4O/c26-21(19-8-4-5-11-22-19)24-13-9-18(10-14-24)20-23-12-15-25(20)16-17-6-2-1-3-7-17/h1-8,11-12,15,18H,9-10,13-14,16H2. The average molecular weight is 346 g/mol. The highest BCUT2D eigenvalue weighted by molar-refractivity contribution is 5.92. The van der Waals surface area contributed by atoms with Crippen LogP contribution in [0.25, 0.3) is 0 Å². The lowest BCUT2D eigenvalue weighted by Gasteiger charge is -2.31. The maximum atomic E-state index is 12.5. The number of benzene rings is 1. The normalized spacial score (nSPS) is 15.2.